The van der Waals surface area contributed by atoms with Gasteiger partial charge in [-0.05, 0) is 62.3 Å². The molecule has 27 heteroatoms. The molecule has 0 atom stereocenters. The van der Waals surface area contributed by atoms with Gasteiger partial charge in [-0.3, -0.25) is 69.9 Å². The van der Waals surface area contributed by atoms with Crippen LogP contribution in [0.25, 0.3) is 0 Å². The van der Waals surface area contributed by atoms with E-state index < -0.39 is 23.6 Å². The molecule has 0 bridgehead atoms. The number of hydroxylamine groups is 1. The molecule has 4 aromatic rings. The molecule has 2 aliphatic heterocycles. The van der Waals surface area contributed by atoms with E-state index in [4.69, 9.17) is 23.8 Å². The molecule has 0 unspecified atom stereocenters. The average Bonchev–Trinajstić information content (AvgIpc) is 3.46. The Labute approximate surface area is 462 Å². The number of thioether (sulfide) groups is 1. The molecule has 0 aliphatic carbocycles. The lowest BCUT2D eigenvalue weighted by Crippen LogP contribution is -2.43. The van der Waals surface area contributed by atoms with Crippen molar-refractivity contribution in [2.45, 2.75) is 32.5 Å². The fraction of sp³-hybridized carbons (Fsp3) is 0.442. The second kappa shape index (κ2) is 33.6. The normalized spacial score (nSPS) is 13.5. The number of aromatic nitrogens is 2. The third-order valence-corrected chi connectivity index (χ3v) is 13.0. The van der Waals surface area contributed by atoms with E-state index >= 15 is 0 Å². The largest absolute Gasteiger partial charge is 0.494 e. The third-order valence-electron chi connectivity index (χ3n) is 12.0. The van der Waals surface area contributed by atoms with Crippen molar-refractivity contribution in [1.82, 2.24) is 42.1 Å². The Balaban J connectivity index is 0.801. The van der Waals surface area contributed by atoms with Crippen molar-refractivity contribution in [3.05, 3.63) is 96.6 Å². The smallest absolute Gasteiger partial charge is 0.327 e. The molecule has 2 aliphatic rings. The Morgan fingerprint density at radius 3 is 1.63 bits per heavy atom. The first-order valence-electron chi connectivity index (χ1n) is 25.9. The summed E-state index contributed by atoms with van der Waals surface area (Å²) in [5.41, 5.74) is 15.9. The van der Waals surface area contributed by atoms with Gasteiger partial charge in [0, 0.05) is 105 Å². The standard InChI is InChI=1S/C52H70N14O12S/c1-74-44-31-40(9-11-42(44)59-61-51(72)49(70)53-13-5-19-63-21-25-76-26-22-63)57-46(67)35-65-17-3-7-38(33-65)37-78-56-16-30-79-29-15-55-48(69)39-8-4-18-66(34-39)36-47(68)58-41-10-12-43(45(32-41)75-2)60-62-52(73)50(71)54-14-6-20-64-23-27-77-28-24-64/h3-4,7-12,17-18,31-34,56H,5-6,13-16,19-30,35-37H2,1-2H3,(H7-2,53,54,55,57,58,59,60,61,62,67,68,69,70,71,72,73)/p+2. The van der Waals surface area contributed by atoms with E-state index in [1.165, 1.54) is 14.2 Å². The second-order valence-electron chi connectivity index (χ2n) is 17.9. The van der Waals surface area contributed by atoms with E-state index in [0.717, 1.165) is 44.8 Å². The van der Waals surface area contributed by atoms with E-state index in [1.54, 1.807) is 88.0 Å². The molecule has 2 aromatic heterocycles. The minimum Gasteiger partial charge on any atom is -0.494 e. The van der Waals surface area contributed by atoms with E-state index in [-0.39, 0.29) is 37.4 Å². The third kappa shape index (κ3) is 21.9. The molecule has 2 aromatic carbocycles. The molecule has 0 radical (unpaired) electrons. The molecule has 2 saturated heterocycles. The number of ether oxygens (including phenoxy) is 4. The molecule has 26 nitrogen and oxygen atoms in total. The summed E-state index contributed by atoms with van der Waals surface area (Å²) in [6, 6.07) is 16.6. The van der Waals surface area contributed by atoms with Gasteiger partial charge >= 0.3 is 23.6 Å². The van der Waals surface area contributed by atoms with Crippen molar-refractivity contribution in [2.24, 2.45) is 0 Å². The lowest BCUT2D eigenvalue weighted by molar-refractivity contribution is -0.684. The molecule has 7 amide bonds. The summed E-state index contributed by atoms with van der Waals surface area (Å²) >= 11 is 1.63. The number of anilines is 4. The van der Waals surface area contributed by atoms with Crippen molar-refractivity contribution in [3.63, 3.8) is 0 Å². The lowest BCUT2D eigenvalue weighted by atomic mass is 10.2. The van der Waals surface area contributed by atoms with Crippen LogP contribution in [0.15, 0.2) is 85.5 Å². The highest BCUT2D eigenvalue weighted by Crippen LogP contribution is 2.28. The van der Waals surface area contributed by atoms with Gasteiger partial charge in [-0.2, -0.15) is 20.9 Å². The first kappa shape index (κ1) is 60.6. The van der Waals surface area contributed by atoms with Gasteiger partial charge < -0.3 is 45.5 Å². The number of methoxy groups -OCH3 is 2. The van der Waals surface area contributed by atoms with Gasteiger partial charge in [0.25, 0.3) is 17.7 Å². The number of benzene rings is 2. The van der Waals surface area contributed by atoms with E-state index in [0.29, 0.717) is 117 Å². The maximum atomic E-state index is 13.0. The number of carbonyl (C=O) groups excluding carboxylic acids is 7. The molecule has 426 valence electrons. The molecule has 0 spiro atoms. The van der Waals surface area contributed by atoms with E-state index in [2.05, 4.69) is 63.6 Å². The van der Waals surface area contributed by atoms with Crippen molar-refractivity contribution >= 4 is 75.9 Å². The van der Waals surface area contributed by atoms with Crippen LogP contribution in [0.3, 0.4) is 0 Å². The highest BCUT2D eigenvalue weighted by molar-refractivity contribution is 7.99. The molecule has 2 fully saturated rings. The number of hydrogen-bond acceptors (Lipinski definition) is 18. The van der Waals surface area contributed by atoms with Gasteiger partial charge in [0.2, 0.25) is 13.1 Å². The second-order valence-corrected chi connectivity index (χ2v) is 19.1. The topological polar surface area (TPSA) is 300 Å². The van der Waals surface area contributed by atoms with Crippen molar-refractivity contribution in [3.8, 4) is 11.5 Å². The number of nitrogens with zero attached hydrogens (tertiary/aromatic N) is 4. The van der Waals surface area contributed by atoms with E-state index in [9.17, 15) is 33.6 Å². The molecule has 0 saturated carbocycles. The van der Waals surface area contributed by atoms with Gasteiger partial charge in [0.05, 0.1) is 58.6 Å². The number of hydrogen-bond donors (Lipinski definition) is 10. The summed E-state index contributed by atoms with van der Waals surface area (Å²) in [4.78, 5) is 98.4. The van der Waals surface area contributed by atoms with Crippen LogP contribution in [0.4, 0.5) is 22.7 Å². The fourth-order valence-electron chi connectivity index (χ4n) is 7.93. The Kier molecular flexibility index (Phi) is 25.8. The molecule has 10 N–H and O–H groups in total. The van der Waals surface area contributed by atoms with Crippen LogP contribution in [-0.4, -0.2) is 169 Å². The summed E-state index contributed by atoms with van der Waals surface area (Å²) < 4.78 is 24.9. The predicted octanol–water partition coefficient (Wildman–Crippen LogP) is -0.696. The minimum absolute atomic E-state index is 0.0229. The number of pyridine rings is 2. The van der Waals surface area contributed by atoms with Gasteiger partial charge in [0.1, 0.15) is 17.1 Å². The first-order valence-corrected chi connectivity index (χ1v) is 27.0. The Hall–Kier alpha value is -7.66. The van der Waals surface area contributed by atoms with Crippen LogP contribution in [0.5, 0.6) is 11.5 Å². The molecule has 79 heavy (non-hydrogen) atoms. The van der Waals surface area contributed by atoms with Gasteiger partial charge in [-0.1, -0.05) is 0 Å². The maximum Gasteiger partial charge on any atom is 0.327 e. The number of rotatable bonds is 30. The number of amides is 7. The van der Waals surface area contributed by atoms with Crippen LogP contribution in [0, 0.1) is 0 Å². The average molecular weight is 1120 g/mol. The summed E-state index contributed by atoms with van der Waals surface area (Å²) in [7, 11) is 2.88. The number of carbonyl (C=O) groups is 7. The van der Waals surface area contributed by atoms with Crippen LogP contribution in [0.1, 0.15) is 28.8 Å². The molecular weight excluding hydrogens is 1040 g/mol. The van der Waals surface area contributed by atoms with Crippen molar-refractivity contribution < 1.29 is 66.5 Å². The van der Waals surface area contributed by atoms with Crippen LogP contribution in [-0.2, 0) is 62.8 Å². The summed E-state index contributed by atoms with van der Waals surface area (Å²) in [6.45, 7) is 9.67. The Morgan fingerprint density at radius 2 is 1.10 bits per heavy atom. The zero-order valence-corrected chi connectivity index (χ0v) is 45.3. The lowest BCUT2D eigenvalue weighted by Gasteiger charge is -2.26. The van der Waals surface area contributed by atoms with Crippen molar-refractivity contribution in [1.29, 1.82) is 0 Å². The number of nitrogens with one attached hydrogen (secondary N) is 10. The summed E-state index contributed by atoms with van der Waals surface area (Å²) in [6.07, 6.45) is 8.26. The molecule has 4 heterocycles. The van der Waals surface area contributed by atoms with Crippen LogP contribution < -0.4 is 72.4 Å². The zero-order valence-electron chi connectivity index (χ0n) is 44.5. The maximum absolute atomic E-state index is 13.0. The van der Waals surface area contributed by atoms with Gasteiger partial charge in [-0.15, -0.1) is 0 Å². The first-order chi connectivity index (χ1) is 38.5. The van der Waals surface area contributed by atoms with Crippen LogP contribution >= 0.6 is 11.8 Å². The monoisotopic (exact) mass is 1120 g/mol. The Morgan fingerprint density at radius 1 is 0.595 bits per heavy atom. The SMILES string of the molecule is COc1cc(NC(=O)C[n+]2cccc(CONCCSCCNC(=O)c3ccc[n+](CC(=O)Nc4ccc(NNC(=O)C(=O)NCCCN5CCOCC5)c(OC)c4)c3)c2)ccc1NNC(=O)C(=O)NCCCN1CCOCC1. The summed E-state index contributed by atoms with van der Waals surface area (Å²) in [5, 5.41) is 13.8. The van der Waals surface area contributed by atoms with E-state index in [1.807, 2.05) is 18.3 Å². The molecule has 6 rings (SSSR count). The van der Waals surface area contributed by atoms with Gasteiger partial charge in [0.15, 0.2) is 24.8 Å². The van der Waals surface area contributed by atoms with Gasteiger partial charge in [-0.25, -0.2) is 5.48 Å². The number of hydrazine groups is 2. The fourth-order valence-corrected chi connectivity index (χ4v) is 8.61. The highest BCUT2D eigenvalue weighted by atomic mass is 32.2. The van der Waals surface area contributed by atoms with Crippen LogP contribution in [0.2, 0.25) is 0 Å². The minimum atomic E-state index is -0.866. The number of morpholine rings is 2. The predicted molar refractivity (Wildman–Crippen MR) is 292 cm³/mol. The highest BCUT2D eigenvalue weighted by Gasteiger charge is 2.20. The Bertz CT molecular complexity index is 2660. The quantitative estimate of drug-likeness (QED) is 0.0134. The van der Waals surface area contributed by atoms with Crippen molar-refractivity contribution in [2.75, 3.05) is 139 Å². The molecular formula is C52H72N14O12S+2. The summed E-state index contributed by atoms with van der Waals surface area (Å²) in [5.74, 6) is -2.19. The zero-order chi connectivity index (χ0) is 56.0.